The lowest BCUT2D eigenvalue weighted by atomic mass is 9.83. The Hall–Kier alpha value is -1.62. The first-order valence-electron chi connectivity index (χ1n) is 7.09. The van der Waals surface area contributed by atoms with E-state index in [4.69, 9.17) is 4.98 Å². The normalized spacial score (nSPS) is 24.1. The number of rotatable bonds is 2. The minimum absolute atomic E-state index is 0.217. The highest BCUT2D eigenvalue weighted by Crippen LogP contribution is 2.37. The van der Waals surface area contributed by atoms with E-state index >= 15 is 0 Å². The maximum Gasteiger partial charge on any atom is 0.157 e. The number of aliphatic hydroxyl groups excluding tert-OH is 1. The lowest BCUT2D eigenvalue weighted by Gasteiger charge is -2.27. The van der Waals surface area contributed by atoms with E-state index in [1.165, 1.54) is 25.0 Å². The van der Waals surface area contributed by atoms with Gasteiger partial charge in [0.25, 0.3) is 0 Å². The van der Waals surface area contributed by atoms with Crippen LogP contribution in [0.5, 0.6) is 0 Å². The molecular weight excluding hydrogens is 240 g/mol. The van der Waals surface area contributed by atoms with E-state index < -0.39 is 0 Å². The van der Waals surface area contributed by atoms with Crippen LogP contribution in [0.1, 0.15) is 37.3 Å². The fraction of sp³-hybridized carbons (Fsp3) is 0.571. The standard InChI is InChI=1S/C14H18N4O/c19-11-5-7-17(9-11)14-8-12(10-2-1-3-10)16-13-4-6-15-18(13)14/h4,6,8,10-11,19H,1-3,5,7,9H2. The van der Waals surface area contributed by atoms with Crippen molar-refractivity contribution >= 4 is 11.5 Å². The molecule has 1 N–H and O–H groups in total. The molecule has 0 bridgehead atoms. The quantitative estimate of drug-likeness (QED) is 0.888. The third kappa shape index (κ3) is 1.80. The van der Waals surface area contributed by atoms with E-state index in [1.807, 2.05) is 10.6 Å². The summed E-state index contributed by atoms with van der Waals surface area (Å²) in [7, 11) is 0. The second-order valence-electron chi connectivity index (χ2n) is 5.66. The van der Waals surface area contributed by atoms with Crippen molar-refractivity contribution < 1.29 is 5.11 Å². The third-order valence-corrected chi connectivity index (χ3v) is 4.37. The molecule has 100 valence electrons. The van der Waals surface area contributed by atoms with Crippen LogP contribution in [0.25, 0.3) is 5.65 Å². The molecule has 1 aliphatic heterocycles. The Morgan fingerprint density at radius 3 is 2.84 bits per heavy atom. The van der Waals surface area contributed by atoms with Gasteiger partial charge in [-0.25, -0.2) is 4.98 Å². The summed E-state index contributed by atoms with van der Waals surface area (Å²) in [5, 5.41) is 14.1. The van der Waals surface area contributed by atoms with Crippen LogP contribution >= 0.6 is 0 Å². The molecule has 1 atom stereocenters. The van der Waals surface area contributed by atoms with Gasteiger partial charge in [-0.3, -0.25) is 0 Å². The molecule has 2 fully saturated rings. The van der Waals surface area contributed by atoms with Crippen LogP contribution in [0, 0.1) is 0 Å². The zero-order chi connectivity index (χ0) is 12.8. The number of anilines is 1. The van der Waals surface area contributed by atoms with Gasteiger partial charge in [-0.05, 0) is 19.3 Å². The molecule has 4 rings (SSSR count). The Balaban J connectivity index is 1.80. The fourth-order valence-corrected chi connectivity index (χ4v) is 3.00. The summed E-state index contributed by atoms with van der Waals surface area (Å²) in [6.07, 6.45) is 6.23. The lowest BCUT2D eigenvalue weighted by Crippen LogP contribution is -2.25. The molecule has 1 unspecified atom stereocenters. The van der Waals surface area contributed by atoms with Crippen LogP contribution < -0.4 is 4.90 Å². The van der Waals surface area contributed by atoms with Crippen molar-refractivity contribution in [2.75, 3.05) is 18.0 Å². The van der Waals surface area contributed by atoms with Crippen molar-refractivity contribution in [2.45, 2.75) is 37.7 Å². The lowest BCUT2D eigenvalue weighted by molar-refractivity contribution is 0.198. The molecule has 2 aromatic rings. The van der Waals surface area contributed by atoms with Crippen LogP contribution in [0.4, 0.5) is 5.82 Å². The highest BCUT2D eigenvalue weighted by molar-refractivity contribution is 5.52. The topological polar surface area (TPSA) is 53.7 Å². The Morgan fingerprint density at radius 2 is 2.16 bits per heavy atom. The number of aromatic nitrogens is 3. The predicted molar refractivity (Wildman–Crippen MR) is 72.4 cm³/mol. The molecule has 5 heteroatoms. The minimum atomic E-state index is -0.217. The van der Waals surface area contributed by atoms with Gasteiger partial charge in [-0.15, -0.1) is 0 Å². The summed E-state index contributed by atoms with van der Waals surface area (Å²) < 4.78 is 1.89. The molecule has 2 aliphatic rings. The Bertz CT molecular complexity index is 605. The monoisotopic (exact) mass is 258 g/mol. The zero-order valence-electron chi connectivity index (χ0n) is 10.9. The fourth-order valence-electron chi connectivity index (χ4n) is 3.00. The van der Waals surface area contributed by atoms with Crippen molar-refractivity contribution in [3.63, 3.8) is 0 Å². The van der Waals surface area contributed by atoms with Crippen LogP contribution in [0.15, 0.2) is 18.3 Å². The van der Waals surface area contributed by atoms with Gasteiger partial charge in [-0.2, -0.15) is 9.61 Å². The molecule has 0 aromatic carbocycles. The first kappa shape index (κ1) is 11.2. The average molecular weight is 258 g/mol. The number of hydrogen-bond acceptors (Lipinski definition) is 4. The summed E-state index contributed by atoms with van der Waals surface area (Å²) in [5.41, 5.74) is 2.11. The Labute approximate surface area is 111 Å². The van der Waals surface area contributed by atoms with E-state index in [0.29, 0.717) is 12.5 Å². The first-order valence-corrected chi connectivity index (χ1v) is 7.09. The van der Waals surface area contributed by atoms with Crippen LogP contribution in [-0.4, -0.2) is 38.9 Å². The van der Waals surface area contributed by atoms with E-state index in [0.717, 1.165) is 24.4 Å². The Kier molecular flexibility index (Phi) is 2.48. The highest BCUT2D eigenvalue weighted by atomic mass is 16.3. The molecule has 0 spiro atoms. The molecule has 0 amide bonds. The van der Waals surface area contributed by atoms with Gasteiger partial charge in [0.15, 0.2) is 5.65 Å². The van der Waals surface area contributed by atoms with Crippen molar-refractivity contribution in [1.82, 2.24) is 14.6 Å². The van der Waals surface area contributed by atoms with Crippen molar-refractivity contribution in [3.05, 3.63) is 24.0 Å². The van der Waals surface area contributed by atoms with Gasteiger partial charge < -0.3 is 10.0 Å². The SMILES string of the molecule is OC1CCN(c2cc(C3CCC3)nc3ccnn23)C1. The zero-order valence-corrected chi connectivity index (χ0v) is 10.9. The highest BCUT2D eigenvalue weighted by Gasteiger charge is 2.26. The molecule has 1 saturated heterocycles. The summed E-state index contributed by atoms with van der Waals surface area (Å²) in [6.45, 7) is 1.59. The summed E-state index contributed by atoms with van der Waals surface area (Å²) in [5.74, 6) is 1.69. The molecule has 3 heterocycles. The number of β-amino-alcohol motifs (C(OH)–C–C–N with tert-alkyl or cyclic N) is 1. The number of nitrogens with zero attached hydrogens (tertiary/aromatic N) is 4. The van der Waals surface area contributed by atoms with Gasteiger partial charge in [0.2, 0.25) is 0 Å². The predicted octanol–water partition coefficient (Wildman–Crippen LogP) is 1.57. The number of fused-ring (bicyclic) bond motifs is 1. The summed E-state index contributed by atoms with van der Waals surface area (Å²) >= 11 is 0. The maximum absolute atomic E-state index is 9.73. The molecule has 1 saturated carbocycles. The van der Waals surface area contributed by atoms with Gasteiger partial charge >= 0.3 is 0 Å². The van der Waals surface area contributed by atoms with Crippen LogP contribution in [0.3, 0.4) is 0 Å². The average Bonchev–Trinajstić information content (AvgIpc) is 2.94. The van der Waals surface area contributed by atoms with E-state index in [2.05, 4.69) is 16.1 Å². The van der Waals surface area contributed by atoms with Crippen molar-refractivity contribution in [2.24, 2.45) is 0 Å². The second-order valence-corrected chi connectivity index (χ2v) is 5.66. The molecule has 1 aliphatic carbocycles. The summed E-state index contributed by atoms with van der Waals surface area (Å²) in [4.78, 5) is 6.94. The van der Waals surface area contributed by atoms with Gasteiger partial charge in [0.1, 0.15) is 5.82 Å². The number of hydrogen-bond donors (Lipinski definition) is 1. The van der Waals surface area contributed by atoms with Crippen LogP contribution in [0.2, 0.25) is 0 Å². The van der Waals surface area contributed by atoms with Crippen molar-refractivity contribution in [1.29, 1.82) is 0 Å². The molecular formula is C14H18N4O. The van der Waals surface area contributed by atoms with Gasteiger partial charge in [-0.1, -0.05) is 6.42 Å². The maximum atomic E-state index is 9.73. The van der Waals surface area contributed by atoms with Crippen molar-refractivity contribution in [3.8, 4) is 0 Å². The minimum Gasteiger partial charge on any atom is -0.391 e. The van der Waals surface area contributed by atoms with E-state index in [9.17, 15) is 5.11 Å². The van der Waals surface area contributed by atoms with Gasteiger partial charge in [0, 0.05) is 36.8 Å². The molecule has 5 nitrogen and oxygen atoms in total. The molecule has 0 radical (unpaired) electrons. The third-order valence-electron chi connectivity index (χ3n) is 4.37. The summed E-state index contributed by atoms with van der Waals surface area (Å²) in [6, 6.07) is 4.13. The van der Waals surface area contributed by atoms with Gasteiger partial charge in [0.05, 0.1) is 12.3 Å². The van der Waals surface area contributed by atoms with E-state index in [1.54, 1.807) is 6.20 Å². The van der Waals surface area contributed by atoms with E-state index in [-0.39, 0.29) is 6.10 Å². The number of aliphatic hydroxyl groups is 1. The molecule has 2 aromatic heterocycles. The Morgan fingerprint density at radius 1 is 1.26 bits per heavy atom. The largest absolute Gasteiger partial charge is 0.391 e. The first-order chi connectivity index (χ1) is 9.31. The molecule has 19 heavy (non-hydrogen) atoms. The second kappa shape index (κ2) is 4.20. The smallest absolute Gasteiger partial charge is 0.157 e. The van der Waals surface area contributed by atoms with Crippen LogP contribution in [-0.2, 0) is 0 Å².